The molecule has 150 valence electrons. The Bertz CT molecular complexity index is 987. The second-order valence-corrected chi connectivity index (χ2v) is 7.02. The largest absolute Gasteiger partial charge is 0.486 e. The number of nitrogens with zero attached hydrogens (tertiary/aromatic N) is 2. The summed E-state index contributed by atoms with van der Waals surface area (Å²) < 4.78 is 16.3. The lowest BCUT2D eigenvalue weighted by molar-refractivity contribution is -0.121. The number of aryl methyl sites for hydroxylation is 1. The van der Waals surface area contributed by atoms with Gasteiger partial charge in [-0.2, -0.15) is 0 Å². The number of fused-ring (bicyclic) bond motifs is 1. The van der Waals surface area contributed by atoms with Crippen molar-refractivity contribution in [3.8, 4) is 11.5 Å². The van der Waals surface area contributed by atoms with Gasteiger partial charge in [-0.3, -0.25) is 9.69 Å². The van der Waals surface area contributed by atoms with Crippen molar-refractivity contribution < 1.29 is 18.8 Å². The Morgan fingerprint density at radius 2 is 1.86 bits per heavy atom. The van der Waals surface area contributed by atoms with Crippen molar-refractivity contribution in [1.29, 1.82) is 0 Å². The van der Waals surface area contributed by atoms with Crippen molar-refractivity contribution in [1.82, 2.24) is 10.1 Å². The van der Waals surface area contributed by atoms with E-state index in [-0.39, 0.29) is 5.91 Å². The maximum atomic E-state index is 13.1. The summed E-state index contributed by atoms with van der Waals surface area (Å²) in [7, 11) is 1.92. The molecule has 1 aliphatic heterocycles. The van der Waals surface area contributed by atoms with E-state index in [0.29, 0.717) is 31.3 Å². The van der Waals surface area contributed by atoms with Crippen LogP contribution in [-0.4, -0.2) is 36.2 Å². The molecule has 0 aliphatic carbocycles. The Kier molecular flexibility index (Phi) is 5.48. The van der Waals surface area contributed by atoms with Crippen LogP contribution in [0.1, 0.15) is 22.9 Å². The first-order chi connectivity index (χ1) is 14.1. The van der Waals surface area contributed by atoms with Crippen molar-refractivity contribution in [2.24, 2.45) is 0 Å². The molecule has 1 aliphatic rings. The van der Waals surface area contributed by atoms with Crippen LogP contribution in [0.5, 0.6) is 11.5 Å². The number of carbonyl (C=O) groups is 1. The SMILES string of the molecule is Cc1cc(NC(=O)[C@@H](c2ccccc2)N(C)Cc2ccc3c(c2)OCCO3)no1. The fourth-order valence-corrected chi connectivity index (χ4v) is 3.43. The molecular weight excluding hydrogens is 370 g/mol. The fraction of sp³-hybridized carbons (Fsp3) is 0.273. The number of hydrogen-bond acceptors (Lipinski definition) is 6. The summed E-state index contributed by atoms with van der Waals surface area (Å²) in [5.41, 5.74) is 1.92. The molecule has 0 saturated heterocycles. The van der Waals surface area contributed by atoms with Crippen LogP contribution in [0.25, 0.3) is 0 Å². The summed E-state index contributed by atoms with van der Waals surface area (Å²) in [6.45, 7) is 3.44. The Morgan fingerprint density at radius 3 is 2.59 bits per heavy atom. The van der Waals surface area contributed by atoms with Gasteiger partial charge in [-0.05, 0) is 37.2 Å². The zero-order valence-electron chi connectivity index (χ0n) is 16.4. The van der Waals surface area contributed by atoms with Crippen LogP contribution in [0.2, 0.25) is 0 Å². The molecule has 4 rings (SSSR count). The maximum absolute atomic E-state index is 13.1. The molecule has 1 N–H and O–H groups in total. The topological polar surface area (TPSA) is 76.8 Å². The molecule has 3 aromatic rings. The van der Waals surface area contributed by atoms with E-state index in [4.69, 9.17) is 14.0 Å². The van der Waals surface area contributed by atoms with Gasteiger partial charge in [0, 0.05) is 12.6 Å². The van der Waals surface area contributed by atoms with Gasteiger partial charge in [0.1, 0.15) is 25.0 Å². The molecule has 7 heteroatoms. The number of nitrogens with one attached hydrogen (secondary N) is 1. The lowest BCUT2D eigenvalue weighted by Gasteiger charge is -2.28. The summed E-state index contributed by atoms with van der Waals surface area (Å²) in [5, 5.41) is 6.72. The van der Waals surface area contributed by atoms with Gasteiger partial charge >= 0.3 is 0 Å². The van der Waals surface area contributed by atoms with E-state index >= 15 is 0 Å². The number of aromatic nitrogens is 1. The highest BCUT2D eigenvalue weighted by molar-refractivity contribution is 5.94. The van der Waals surface area contributed by atoms with Gasteiger partial charge in [0.15, 0.2) is 17.3 Å². The van der Waals surface area contributed by atoms with Gasteiger partial charge < -0.3 is 19.3 Å². The number of anilines is 1. The number of amides is 1. The van der Waals surface area contributed by atoms with E-state index in [0.717, 1.165) is 22.6 Å². The third-order valence-corrected chi connectivity index (χ3v) is 4.72. The first kappa shape index (κ1) is 19.0. The zero-order valence-corrected chi connectivity index (χ0v) is 16.4. The first-order valence-corrected chi connectivity index (χ1v) is 9.48. The third kappa shape index (κ3) is 4.41. The van der Waals surface area contributed by atoms with E-state index < -0.39 is 6.04 Å². The Hall–Kier alpha value is -3.32. The zero-order chi connectivity index (χ0) is 20.2. The molecule has 0 unspecified atom stereocenters. The van der Waals surface area contributed by atoms with E-state index in [9.17, 15) is 4.79 Å². The molecule has 0 spiro atoms. The van der Waals surface area contributed by atoms with E-state index in [2.05, 4.69) is 10.5 Å². The number of hydrogen-bond donors (Lipinski definition) is 1. The van der Waals surface area contributed by atoms with Gasteiger partial charge in [0.25, 0.3) is 0 Å². The minimum absolute atomic E-state index is 0.176. The van der Waals surface area contributed by atoms with Crippen LogP contribution in [0, 0.1) is 6.92 Å². The monoisotopic (exact) mass is 393 g/mol. The van der Waals surface area contributed by atoms with Gasteiger partial charge in [-0.25, -0.2) is 0 Å². The van der Waals surface area contributed by atoms with E-state index in [1.54, 1.807) is 13.0 Å². The van der Waals surface area contributed by atoms with Crippen LogP contribution in [0.4, 0.5) is 5.82 Å². The maximum Gasteiger partial charge on any atom is 0.247 e. The second kappa shape index (κ2) is 8.36. The molecule has 2 heterocycles. The summed E-state index contributed by atoms with van der Waals surface area (Å²) in [4.78, 5) is 15.1. The second-order valence-electron chi connectivity index (χ2n) is 7.02. The van der Waals surface area contributed by atoms with Crippen LogP contribution in [0.3, 0.4) is 0 Å². The number of likely N-dealkylation sites (N-methyl/N-ethyl adjacent to an activating group) is 1. The van der Waals surface area contributed by atoms with E-state index in [1.165, 1.54) is 0 Å². The summed E-state index contributed by atoms with van der Waals surface area (Å²) >= 11 is 0. The molecule has 0 bridgehead atoms. The van der Waals surface area contributed by atoms with Gasteiger partial charge in [-0.15, -0.1) is 0 Å². The number of rotatable bonds is 6. The number of ether oxygens (including phenoxy) is 2. The lowest BCUT2D eigenvalue weighted by atomic mass is 10.0. The van der Waals surface area contributed by atoms with Crippen molar-refractivity contribution in [3.05, 3.63) is 71.5 Å². The molecular formula is C22H23N3O4. The molecule has 1 atom stereocenters. The number of carbonyl (C=O) groups excluding carboxylic acids is 1. The van der Waals surface area contributed by atoms with Gasteiger partial charge in [0.2, 0.25) is 5.91 Å². The molecule has 1 amide bonds. The van der Waals surface area contributed by atoms with Crippen LogP contribution >= 0.6 is 0 Å². The highest BCUT2D eigenvalue weighted by atomic mass is 16.6. The Labute approximate surface area is 169 Å². The minimum Gasteiger partial charge on any atom is -0.486 e. The van der Waals surface area contributed by atoms with Crippen molar-refractivity contribution in [2.75, 3.05) is 25.6 Å². The average Bonchev–Trinajstić information content (AvgIpc) is 3.13. The molecule has 7 nitrogen and oxygen atoms in total. The predicted molar refractivity (Wildman–Crippen MR) is 108 cm³/mol. The average molecular weight is 393 g/mol. The molecule has 2 aromatic carbocycles. The smallest absolute Gasteiger partial charge is 0.247 e. The Morgan fingerprint density at radius 1 is 1.10 bits per heavy atom. The highest BCUT2D eigenvalue weighted by Gasteiger charge is 2.26. The third-order valence-electron chi connectivity index (χ3n) is 4.72. The van der Waals surface area contributed by atoms with Crippen LogP contribution in [0.15, 0.2) is 59.1 Å². The standard InChI is InChI=1S/C22H23N3O4/c1-15-12-20(24-29-15)23-22(26)21(17-6-4-3-5-7-17)25(2)14-16-8-9-18-19(13-16)28-11-10-27-18/h3-9,12-13,21H,10-11,14H2,1-2H3,(H,23,24,26)/t21-/m1/s1. The van der Waals surface area contributed by atoms with Crippen molar-refractivity contribution in [2.45, 2.75) is 19.5 Å². The fourth-order valence-electron chi connectivity index (χ4n) is 3.43. The van der Waals surface area contributed by atoms with Gasteiger partial charge in [0.05, 0.1) is 0 Å². The number of benzene rings is 2. The Balaban J connectivity index is 1.56. The normalized spacial score (nSPS) is 13.9. The van der Waals surface area contributed by atoms with E-state index in [1.807, 2.05) is 60.5 Å². The van der Waals surface area contributed by atoms with Crippen LogP contribution < -0.4 is 14.8 Å². The molecule has 1 aromatic heterocycles. The first-order valence-electron chi connectivity index (χ1n) is 9.48. The van der Waals surface area contributed by atoms with Gasteiger partial charge in [-0.1, -0.05) is 41.6 Å². The van der Waals surface area contributed by atoms with Crippen molar-refractivity contribution >= 4 is 11.7 Å². The van der Waals surface area contributed by atoms with Crippen molar-refractivity contribution in [3.63, 3.8) is 0 Å². The lowest BCUT2D eigenvalue weighted by Crippen LogP contribution is -2.34. The quantitative estimate of drug-likeness (QED) is 0.690. The minimum atomic E-state index is -0.499. The molecule has 0 fully saturated rings. The summed E-state index contributed by atoms with van der Waals surface area (Å²) in [6, 6.07) is 16.7. The molecule has 0 saturated carbocycles. The highest BCUT2D eigenvalue weighted by Crippen LogP contribution is 2.32. The summed E-state index contributed by atoms with van der Waals surface area (Å²) in [6.07, 6.45) is 0. The molecule has 29 heavy (non-hydrogen) atoms. The predicted octanol–water partition coefficient (Wildman–Crippen LogP) is 3.57. The summed E-state index contributed by atoms with van der Waals surface area (Å²) in [5.74, 6) is 2.36. The van der Waals surface area contributed by atoms with Crippen LogP contribution in [-0.2, 0) is 11.3 Å². The molecule has 0 radical (unpaired) electrons.